The number of carbonyl (C=O) groups is 1. The second-order valence-corrected chi connectivity index (χ2v) is 2.80. The number of nitroso groups, excluding NO2 is 1. The monoisotopic (exact) mass is 142 g/mol. The Morgan fingerprint density at radius 1 is 1.70 bits per heavy atom. The quantitative estimate of drug-likeness (QED) is 0.579. The Morgan fingerprint density at radius 2 is 2.20 bits per heavy atom. The van der Waals surface area contributed by atoms with Gasteiger partial charge in [0.2, 0.25) is 5.91 Å². The SMILES string of the molecule is CC(N=O)C1(C(N)=O)CC1. The standard InChI is InChI=1S/C6H10N2O2/c1-4(8-10)6(2-3-6)5(7)9/h4H,2-3H2,1H3,(H2,7,9). The molecular formula is C6H10N2O2. The molecule has 1 aliphatic carbocycles. The summed E-state index contributed by atoms with van der Waals surface area (Å²) in [5.41, 5.74) is 4.49. The molecule has 1 aliphatic rings. The highest BCUT2D eigenvalue weighted by molar-refractivity contribution is 5.84. The molecule has 1 unspecified atom stereocenters. The Balaban J connectivity index is 2.68. The summed E-state index contributed by atoms with van der Waals surface area (Å²) in [7, 11) is 0. The fraction of sp³-hybridized carbons (Fsp3) is 0.833. The Morgan fingerprint density at radius 3 is 2.30 bits per heavy atom. The molecule has 0 saturated heterocycles. The fourth-order valence-corrected chi connectivity index (χ4v) is 1.11. The summed E-state index contributed by atoms with van der Waals surface area (Å²) in [6, 6.07) is -0.454. The third-order valence-corrected chi connectivity index (χ3v) is 2.24. The molecule has 4 heteroatoms. The molecule has 1 fully saturated rings. The number of hydrogen-bond acceptors (Lipinski definition) is 3. The number of hydrogen-bond donors (Lipinski definition) is 1. The molecule has 1 saturated carbocycles. The molecule has 0 bridgehead atoms. The van der Waals surface area contributed by atoms with Crippen LogP contribution in [-0.2, 0) is 4.79 Å². The summed E-state index contributed by atoms with van der Waals surface area (Å²) in [5.74, 6) is -0.389. The second-order valence-electron chi connectivity index (χ2n) is 2.80. The number of carbonyl (C=O) groups excluding carboxylic acids is 1. The van der Waals surface area contributed by atoms with Gasteiger partial charge in [-0.3, -0.25) is 4.79 Å². The van der Waals surface area contributed by atoms with Gasteiger partial charge in [0.1, 0.15) is 6.04 Å². The lowest BCUT2D eigenvalue weighted by atomic mass is 9.98. The zero-order valence-corrected chi connectivity index (χ0v) is 5.83. The van der Waals surface area contributed by atoms with Crippen LogP contribution in [0, 0.1) is 10.3 Å². The Kier molecular flexibility index (Phi) is 1.46. The van der Waals surface area contributed by atoms with Crippen LogP contribution in [0.3, 0.4) is 0 Å². The van der Waals surface area contributed by atoms with Crippen LogP contribution in [-0.4, -0.2) is 11.9 Å². The Labute approximate surface area is 58.8 Å². The maximum absolute atomic E-state index is 10.7. The number of rotatable bonds is 3. The van der Waals surface area contributed by atoms with Crippen LogP contribution >= 0.6 is 0 Å². The summed E-state index contributed by atoms with van der Waals surface area (Å²) in [5, 5.41) is 2.79. The van der Waals surface area contributed by atoms with Gasteiger partial charge >= 0.3 is 0 Å². The third-order valence-electron chi connectivity index (χ3n) is 2.24. The predicted molar refractivity (Wildman–Crippen MR) is 36.1 cm³/mol. The molecule has 4 nitrogen and oxygen atoms in total. The molecule has 10 heavy (non-hydrogen) atoms. The van der Waals surface area contributed by atoms with Gasteiger partial charge in [-0.15, -0.1) is 0 Å². The maximum Gasteiger partial charge on any atom is 0.225 e. The van der Waals surface area contributed by atoms with Gasteiger partial charge in [-0.25, -0.2) is 0 Å². The van der Waals surface area contributed by atoms with Gasteiger partial charge in [0.05, 0.1) is 5.41 Å². The van der Waals surface area contributed by atoms with Crippen molar-refractivity contribution in [2.24, 2.45) is 16.3 Å². The normalized spacial score (nSPS) is 23.3. The van der Waals surface area contributed by atoms with Crippen molar-refractivity contribution in [3.05, 3.63) is 4.91 Å². The lowest BCUT2D eigenvalue weighted by Gasteiger charge is -2.11. The first kappa shape index (κ1) is 7.18. The highest BCUT2D eigenvalue weighted by atomic mass is 16.3. The molecule has 2 N–H and O–H groups in total. The van der Waals surface area contributed by atoms with Crippen molar-refractivity contribution in [1.29, 1.82) is 0 Å². The molecule has 0 radical (unpaired) electrons. The van der Waals surface area contributed by atoms with Gasteiger partial charge in [-0.2, -0.15) is 4.91 Å². The van der Waals surface area contributed by atoms with Gasteiger partial charge in [-0.05, 0) is 19.8 Å². The molecule has 1 amide bonds. The molecule has 0 aromatic rings. The zero-order chi connectivity index (χ0) is 7.78. The minimum Gasteiger partial charge on any atom is -0.369 e. The predicted octanol–water partition coefficient (Wildman–Crippen LogP) is 0.407. The van der Waals surface area contributed by atoms with E-state index in [4.69, 9.17) is 5.73 Å². The van der Waals surface area contributed by atoms with E-state index in [1.54, 1.807) is 6.92 Å². The summed E-state index contributed by atoms with van der Waals surface area (Å²) in [4.78, 5) is 20.7. The molecule has 1 rings (SSSR count). The minimum absolute atomic E-state index is 0.389. The van der Waals surface area contributed by atoms with E-state index < -0.39 is 11.5 Å². The first-order valence-electron chi connectivity index (χ1n) is 3.26. The van der Waals surface area contributed by atoms with Crippen molar-refractivity contribution in [3.8, 4) is 0 Å². The molecular weight excluding hydrogens is 132 g/mol. The van der Waals surface area contributed by atoms with Crippen LogP contribution in [0.1, 0.15) is 19.8 Å². The van der Waals surface area contributed by atoms with E-state index in [9.17, 15) is 9.70 Å². The maximum atomic E-state index is 10.7. The highest BCUT2D eigenvalue weighted by Gasteiger charge is 2.53. The van der Waals surface area contributed by atoms with E-state index in [1.807, 2.05) is 0 Å². The lowest BCUT2D eigenvalue weighted by molar-refractivity contribution is -0.123. The first-order valence-corrected chi connectivity index (χ1v) is 3.26. The van der Waals surface area contributed by atoms with E-state index in [2.05, 4.69) is 5.18 Å². The molecule has 0 aromatic heterocycles. The van der Waals surface area contributed by atoms with Crippen molar-refractivity contribution >= 4 is 5.91 Å². The number of amides is 1. The largest absolute Gasteiger partial charge is 0.369 e. The van der Waals surface area contributed by atoms with Crippen molar-refractivity contribution in [3.63, 3.8) is 0 Å². The van der Waals surface area contributed by atoms with Crippen molar-refractivity contribution in [1.82, 2.24) is 0 Å². The van der Waals surface area contributed by atoms with Gasteiger partial charge in [0, 0.05) is 0 Å². The summed E-state index contributed by atoms with van der Waals surface area (Å²) < 4.78 is 0. The van der Waals surface area contributed by atoms with Gasteiger partial charge in [0.15, 0.2) is 0 Å². The molecule has 0 aromatic carbocycles. The number of nitrogens with two attached hydrogens (primary N) is 1. The molecule has 0 spiro atoms. The first-order chi connectivity index (χ1) is 4.63. The zero-order valence-electron chi connectivity index (χ0n) is 5.83. The van der Waals surface area contributed by atoms with Gasteiger partial charge in [-0.1, -0.05) is 5.18 Å². The number of nitrogens with zero attached hydrogens (tertiary/aromatic N) is 1. The van der Waals surface area contributed by atoms with Crippen LogP contribution in [0.4, 0.5) is 0 Å². The average molecular weight is 142 g/mol. The van der Waals surface area contributed by atoms with E-state index in [1.165, 1.54) is 0 Å². The fourth-order valence-electron chi connectivity index (χ4n) is 1.11. The molecule has 0 aliphatic heterocycles. The van der Waals surface area contributed by atoms with E-state index in [-0.39, 0.29) is 5.91 Å². The average Bonchev–Trinajstić information content (AvgIpc) is 2.65. The van der Waals surface area contributed by atoms with E-state index >= 15 is 0 Å². The van der Waals surface area contributed by atoms with E-state index in [0.717, 1.165) is 12.8 Å². The van der Waals surface area contributed by atoms with E-state index in [0.29, 0.717) is 0 Å². The van der Waals surface area contributed by atoms with Crippen LogP contribution in [0.25, 0.3) is 0 Å². The van der Waals surface area contributed by atoms with Crippen molar-refractivity contribution < 1.29 is 4.79 Å². The topological polar surface area (TPSA) is 72.5 Å². The second kappa shape index (κ2) is 2.04. The highest BCUT2D eigenvalue weighted by Crippen LogP contribution is 2.49. The third kappa shape index (κ3) is 0.798. The van der Waals surface area contributed by atoms with Crippen LogP contribution in [0.15, 0.2) is 5.18 Å². The molecule has 0 heterocycles. The lowest BCUT2D eigenvalue weighted by Crippen LogP contribution is -2.32. The van der Waals surface area contributed by atoms with Crippen LogP contribution in [0.5, 0.6) is 0 Å². The number of primary amides is 1. The molecule has 1 atom stereocenters. The Bertz CT molecular complexity index is 175. The smallest absolute Gasteiger partial charge is 0.225 e. The Hall–Kier alpha value is -0.930. The van der Waals surface area contributed by atoms with Crippen LogP contribution < -0.4 is 5.73 Å². The summed E-state index contributed by atoms with van der Waals surface area (Å²) in [6.07, 6.45) is 1.44. The minimum atomic E-state index is -0.582. The molecule has 56 valence electrons. The van der Waals surface area contributed by atoms with Crippen LogP contribution in [0.2, 0.25) is 0 Å². The van der Waals surface area contributed by atoms with Gasteiger partial charge in [0.25, 0.3) is 0 Å². The summed E-state index contributed by atoms with van der Waals surface area (Å²) in [6.45, 7) is 1.63. The van der Waals surface area contributed by atoms with Gasteiger partial charge < -0.3 is 5.73 Å². The summed E-state index contributed by atoms with van der Waals surface area (Å²) >= 11 is 0. The van der Waals surface area contributed by atoms with Crippen molar-refractivity contribution in [2.75, 3.05) is 0 Å². The van der Waals surface area contributed by atoms with Crippen molar-refractivity contribution in [2.45, 2.75) is 25.8 Å².